The van der Waals surface area contributed by atoms with E-state index in [-0.39, 0.29) is 5.91 Å². The number of amidine groups is 1. The maximum absolute atomic E-state index is 12.1. The van der Waals surface area contributed by atoms with Crippen LogP contribution in [0.4, 0.5) is 0 Å². The van der Waals surface area contributed by atoms with Crippen LogP contribution in [0.15, 0.2) is 33.3 Å². The quantitative estimate of drug-likeness (QED) is 0.821. The van der Waals surface area contributed by atoms with Crippen LogP contribution in [-0.2, 0) is 4.79 Å². The molecule has 2 aliphatic heterocycles. The Morgan fingerprint density at radius 3 is 2.62 bits per heavy atom. The molecular formula is C14H14N4O3. The van der Waals surface area contributed by atoms with Gasteiger partial charge in [-0.25, -0.2) is 4.99 Å². The molecule has 0 N–H and O–H groups in total. The molecular weight excluding hydrogens is 272 g/mol. The Morgan fingerprint density at radius 2 is 1.90 bits per heavy atom. The Bertz CT molecular complexity index is 693. The van der Waals surface area contributed by atoms with Gasteiger partial charge in [0.05, 0.1) is 26.1 Å². The third-order valence-electron chi connectivity index (χ3n) is 3.35. The monoisotopic (exact) mass is 286 g/mol. The second kappa shape index (κ2) is 5.01. The van der Waals surface area contributed by atoms with Gasteiger partial charge >= 0.3 is 0 Å². The number of nitrogens with zero attached hydrogens (tertiary/aromatic N) is 4. The van der Waals surface area contributed by atoms with E-state index < -0.39 is 6.04 Å². The fourth-order valence-electron chi connectivity index (χ4n) is 2.27. The largest absolute Gasteiger partial charge is 0.493 e. The molecule has 1 unspecified atom stereocenters. The topological polar surface area (TPSA) is 75.8 Å². The summed E-state index contributed by atoms with van der Waals surface area (Å²) in [5, 5.41) is 5.61. The van der Waals surface area contributed by atoms with E-state index in [1.807, 2.05) is 0 Å². The fraction of sp³-hybridized carbons (Fsp3) is 0.286. The summed E-state index contributed by atoms with van der Waals surface area (Å²) in [5.41, 5.74) is 1.29. The summed E-state index contributed by atoms with van der Waals surface area (Å²) in [5.74, 6) is 1.25. The Morgan fingerprint density at radius 1 is 1.14 bits per heavy atom. The van der Waals surface area contributed by atoms with Crippen LogP contribution < -0.4 is 9.47 Å². The summed E-state index contributed by atoms with van der Waals surface area (Å²) in [4.78, 5) is 20.6. The number of methoxy groups -OCH3 is 2. The lowest BCUT2D eigenvalue weighted by Gasteiger charge is -2.19. The molecule has 0 aliphatic carbocycles. The first-order valence-corrected chi connectivity index (χ1v) is 6.34. The van der Waals surface area contributed by atoms with E-state index in [4.69, 9.17) is 9.47 Å². The van der Waals surface area contributed by atoms with Crippen molar-refractivity contribution in [1.82, 2.24) is 5.01 Å². The number of ether oxygens (including phenoxy) is 2. The summed E-state index contributed by atoms with van der Waals surface area (Å²) in [6.45, 7) is 0. The molecule has 108 valence electrons. The van der Waals surface area contributed by atoms with Crippen molar-refractivity contribution in [3.63, 3.8) is 0 Å². The minimum absolute atomic E-state index is 0.273. The van der Waals surface area contributed by atoms with Crippen LogP contribution in [0.3, 0.4) is 0 Å². The van der Waals surface area contributed by atoms with E-state index in [0.29, 0.717) is 28.6 Å². The van der Waals surface area contributed by atoms with Gasteiger partial charge in [-0.15, -0.1) is 0 Å². The first kappa shape index (κ1) is 13.3. The summed E-state index contributed by atoms with van der Waals surface area (Å²) < 4.78 is 10.4. The molecule has 1 atom stereocenters. The number of carbonyl (C=O) groups is 1. The minimum Gasteiger partial charge on any atom is -0.493 e. The van der Waals surface area contributed by atoms with Crippen LogP contribution in [0.2, 0.25) is 0 Å². The van der Waals surface area contributed by atoms with E-state index in [0.717, 1.165) is 0 Å². The van der Waals surface area contributed by atoms with Gasteiger partial charge < -0.3 is 9.47 Å². The number of amides is 1. The molecule has 0 radical (unpaired) electrons. The molecule has 7 heteroatoms. The van der Waals surface area contributed by atoms with E-state index in [2.05, 4.69) is 15.1 Å². The summed E-state index contributed by atoms with van der Waals surface area (Å²) >= 11 is 0. The highest BCUT2D eigenvalue weighted by Gasteiger charge is 2.35. The van der Waals surface area contributed by atoms with E-state index in [1.54, 1.807) is 50.7 Å². The average molecular weight is 286 g/mol. The maximum atomic E-state index is 12.1. The molecule has 2 aliphatic rings. The molecule has 3 rings (SSSR count). The van der Waals surface area contributed by atoms with Crippen molar-refractivity contribution in [2.24, 2.45) is 15.1 Å². The fourth-order valence-corrected chi connectivity index (χ4v) is 2.27. The zero-order valence-corrected chi connectivity index (χ0v) is 11.9. The third kappa shape index (κ3) is 2.16. The number of carbonyl (C=O) groups excluding carboxylic acids is 1. The highest BCUT2D eigenvalue weighted by atomic mass is 16.5. The third-order valence-corrected chi connectivity index (χ3v) is 3.35. The summed E-state index contributed by atoms with van der Waals surface area (Å²) in [6.07, 6.45) is 1.58. The second-order valence-electron chi connectivity index (χ2n) is 4.60. The van der Waals surface area contributed by atoms with E-state index in [9.17, 15) is 4.79 Å². The number of hydrogen-bond acceptors (Lipinski definition) is 6. The molecule has 0 saturated carbocycles. The van der Waals surface area contributed by atoms with Gasteiger partial charge in [0.2, 0.25) is 0 Å². The standard InChI is InChI=1S/C14H14N4O3/c1-18-12-9(7-15-18)16-13(17-14(12)19)8-4-5-10(20-2)11(6-8)21-3/h4-7,12H,1-3H3. The summed E-state index contributed by atoms with van der Waals surface area (Å²) in [7, 11) is 4.84. The number of rotatable bonds is 3. The molecule has 2 heterocycles. The molecule has 0 bridgehead atoms. The average Bonchev–Trinajstić information content (AvgIpc) is 2.88. The molecule has 1 aromatic carbocycles. The van der Waals surface area contributed by atoms with Gasteiger partial charge in [0.15, 0.2) is 23.4 Å². The van der Waals surface area contributed by atoms with Crippen LogP contribution in [0.1, 0.15) is 5.56 Å². The van der Waals surface area contributed by atoms with Crippen molar-refractivity contribution in [2.75, 3.05) is 21.3 Å². The smallest absolute Gasteiger partial charge is 0.278 e. The van der Waals surface area contributed by atoms with Gasteiger partial charge in [-0.3, -0.25) is 9.80 Å². The van der Waals surface area contributed by atoms with Crippen LogP contribution >= 0.6 is 0 Å². The normalized spacial score (nSPS) is 20.0. The van der Waals surface area contributed by atoms with Crippen LogP contribution in [0.5, 0.6) is 11.5 Å². The van der Waals surface area contributed by atoms with Crippen LogP contribution in [-0.4, -0.2) is 56.0 Å². The molecule has 0 spiro atoms. The van der Waals surface area contributed by atoms with Crippen molar-refractivity contribution >= 4 is 23.7 Å². The van der Waals surface area contributed by atoms with E-state index >= 15 is 0 Å². The van der Waals surface area contributed by atoms with Gasteiger partial charge in [-0.1, -0.05) is 0 Å². The van der Waals surface area contributed by atoms with Gasteiger partial charge in [-0.05, 0) is 18.2 Å². The Labute approximate surface area is 121 Å². The minimum atomic E-state index is -0.506. The van der Waals surface area contributed by atoms with Crippen molar-refractivity contribution in [2.45, 2.75) is 6.04 Å². The van der Waals surface area contributed by atoms with Crippen molar-refractivity contribution < 1.29 is 14.3 Å². The molecule has 7 nitrogen and oxygen atoms in total. The highest BCUT2D eigenvalue weighted by Crippen LogP contribution is 2.28. The number of likely N-dealkylation sites (N-methyl/N-ethyl adjacent to an activating group) is 1. The lowest BCUT2D eigenvalue weighted by Crippen LogP contribution is -2.40. The predicted octanol–water partition coefficient (Wildman–Crippen LogP) is 0.731. The van der Waals surface area contributed by atoms with Crippen molar-refractivity contribution in [3.8, 4) is 11.5 Å². The number of fused-ring (bicyclic) bond motifs is 1. The first-order valence-electron chi connectivity index (χ1n) is 6.34. The number of hydrogen-bond donors (Lipinski definition) is 0. The highest BCUT2D eigenvalue weighted by molar-refractivity contribution is 6.43. The summed E-state index contributed by atoms with van der Waals surface area (Å²) in [6, 6.07) is 4.77. The first-order chi connectivity index (χ1) is 10.1. The van der Waals surface area contributed by atoms with Gasteiger partial charge in [0.25, 0.3) is 5.91 Å². The van der Waals surface area contributed by atoms with Gasteiger partial charge in [-0.2, -0.15) is 10.1 Å². The Hall–Kier alpha value is -2.70. The lowest BCUT2D eigenvalue weighted by atomic mass is 10.1. The lowest BCUT2D eigenvalue weighted by molar-refractivity contribution is -0.120. The number of aliphatic imine (C=N–C) groups is 2. The van der Waals surface area contributed by atoms with Crippen molar-refractivity contribution in [1.29, 1.82) is 0 Å². The van der Waals surface area contributed by atoms with Gasteiger partial charge in [0, 0.05) is 12.6 Å². The second-order valence-corrected chi connectivity index (χ2v) is 4.60. The molecule has 1 amide bonds. The SMILES string of the molecule is COc1ccc(C2=NC(=O)C3C(=N2)C=NN3C)cc1OC. The number of benzene rings is 1. The number of hydrazone groups is 1. The van der Waals surface area contributed by atoms with Gasteiger partial charge in [0.1, 0.15) is 0 Å². The van der Waals surface area contributed by atoms with Crippen LogP contribution in [0.25, 0.3) is 0 Å². The maximum Gasteiger partial charge on any atom is 0.278 e. The molecule has 0 saturated heterocycles. The zero-order valence-electron chi connectivity index (χ0n) is 11.9. The zero-order chi connectivity index (χ0) is 15.0. The predicted molar refractivity (Wildman–Crippen MR) is 78.6 cm³/mol. The van der Waals surface area contributed by atoms with Crippen LogP contribution in [0, 0.1) is 0 Å². The Kier molecular flexibility index (Phi) is 3.17. The molecule has 1 aromatic rings. The van der Waals surface area contributed by atoms with E-state index in [1.165, 1.54) is 0 Å². The van der Waals surface area contributed by atoms with Crippen molar-refractivity contribution in [3.05, 3.63) is 23.8 Å². The Balaban J connectivity index is 2.00. The molecule has 21 heavy (non-hydrogen) atoms. The molecule has 0 fully saturated rings. The molecule has 0 aromatic heterocycles.